The Bertz CT molecular complexity index is 175. The Morgan fingerprint density at radius 1 is 1.33 bits per heavy atom. The Morgan fingerprint density at radius 3 is 2.44 bits per heavy atom. The van der Waals surface area contributed by atoms with Crippen molar-refractivity contribution in [3.8, 4) is 0 Å². The number of allylic oxidation sites excluding steroid dienone is 3. The van der Waals surface area contributed by atoms with Crippen LogP contribution in [0, 0.1) is 0 Å². The first-order valence-electron chi connectivity index (χ1n) is 3.19. The predicted molar refractivity (Wildman–Crippen MR) is 38.1 cm³/mol. The number of hydrogen-bond donors (Lipinski definition) is 0. The maximum atomic E-state index is 5.26. The molecule has 0 aromatic carbocycles. The minimum atomic E-state index is 0.745. The number of ether oxygens (including phenoxy) is 1. The molecule has 0 N–H and O–H groups in total. The molecule has 50 valence electrons. The van der Waals surface area contributed by atoms with E-state index in [9.17, 15) is 0 Å². The third-order valence-corrected chi connectivity index (χ3v) is 1.81. The Labute approximate surface area is 56.0 Å². The highest BCUT2D eigenvalue weighted by molar-refractivity contribution is 5.31. The molecule has 1 heterocycles. The van der Waals surface area contributed by atoms with Crippen LogP contribution < -0.4 is 0 Å². The summed E-state index contributed by atoms with van der Waals surface area (Å²) in [5.74, 6) is 1.06. The normalized spacial score (nSPS) is 19.2. The van der Waals surface area contributed by atoms with Crippen molar-refractivity contribution < 1.29 is 4.74 Å². The molecular formula is C8H12O. The molecule has 0 atom stereocenters. The quantitative estimate of drug-likeness (QED) is 0.481. The van der Waals surface area contributed by atoms with Gasteiger partial charge in [0.05, 0.1) is 5.76 Å². The van der Waals surface area contributed by atoms with Gasteiger partial charge in [0.15, 0.2) is 0 Å². The molecule has 9 heavy (non-hydrogen) atoms. The summed E-state index contributed by atoms with van der Waals surface area (Å²) in [6.07, 6.45) is 2.10. The maximum absolute atomic E-state index is 5.26. The second kappa shape index (κ2) is 2.26. The molecule has 1 aliphatic heterocycles. The van der Waals surface area contributed by atoms with Crippen LogP contribution in [0.4, 0.5) is 0 Å². The highest BCUT2D eigenvalue weighted by Gasteiger charge is 2.03. The largest absolute Gasteiger partial charge is 0.494 e. The minimum absolute atomic E-state index is 0.745. The van der Waals surface area contributed by atoms with E-state index in [4.69, 9.17) is 4.74 Å². The van der Waals surface area contributed by atoms with E-state index in [1.54, 1.807) is 0 Å². The second-order valence-electron chi connectivity index (χ2n) is 2.38. The van der Waals surface area contributed by atoms with Crippen molar-refractivity contribution in [2.75, 3.05) is 6.61 Å². The van der Waals surface area contributed by atoms with Gasteiger partial charge in [-0.25, -0.2) is 0 Å². The van der Waals surface area contributed by atoms with Gasteiger partial charge in [0.2, 0.25) is 0 Å². The second-order valence-corrected chi connectivity index (χ2v) is 2.38. The topological polar surface area (TPSA) is 9.23 Å². The van der Waals surface area contributed by atoms with Gasteiger partial charge in [-0.2, -0.15) is 0 Å². The molecule has 0 aromatic rings. The van der Waals surface area contributed by atoms with E-state index in [1.807, 2.05) is 6.92 Å². The van der Waals surface area contributed by atoms with Crippen molar-refractivity contribution in [1.29, 1.82) is 0 Å². The SMILES string of the molecule is CC1=CCOC(C)=C1C. The van der Waals surface area contributed by atoms with Crippen LogP contribution in [-0.4, -0.2) is 6.61 Å². The number of rotatable bonds is 0. The van der Waals surface area contributed by atoms with Gasteiger partial charge in [-0.05, 0) is 38.0 Å². The Kier molecular flexibility index (Phi) is 1.60. The Balaban J connectivity index is 2.88. The van der Waals surface area contributed by atoms with Gasteiger partial charge in [-0.3, -0.25) is 0 Å². The number of hydrogen-bond acceptors (Lipinski definition) is 1. The van der Waals surface area contributed by atoms with Gasteiger partial charge >= 0.3 is 0 Å². The first kappa shape index (κ1) is 6.40. The molecule has 1 aliphatic rings. The lowest BCUT2D eigenvalue weighted by molar-refractivity contribution is 0.240. The van der Waals surface area contributed by atoms with Crippen LogP contribution in [0.5, 0.6) is 0 Å². The summed E-state index contributed by atoms with van der Waals surface area (Å²) in [6, 6.07) is 0. The van der Waals surface area contributed by atoms with E-state index in [-0.39, 0.29) is 0 Å². The Morgan fingerprint density at radius 2 is 2.00 bits per heavy atom. The standard InChI is InChI=1S/C8H12O/c1-6-4-5-9-8(3)7(6)2/h4H,5H2,1-3H3. The highest BCUT2D eigenvalue weighted by Crippen LogP contribution is 2.18. The van der Waals surface area contributed by atoms with Gasteiger partial charge in [0.1, 0.15) is 6.61 Å². The molecule has 1 heteroatoms. The fourth-order valence-electron chi connectivity index (χ4n) is 0.831. The summed E-state index contributed by atoms with van der Waals surface area (Å²) in [7, 11) is 0. The first-order chi connectivity index (χ1) is 4.22. The predicted octanol–water partition coefficient (Wildman–Crippen LogP) is 2.26. The lowest BCUT2D eigenvalue weighted by atomic mass is 10.1. The summed E-state index contributed by atoms with van der Waals surface area (Å²) in [4.78, 5) is 0. The van der Waals surface area contributed by atoms with Crippen molar-refractivity contribution in [3.63, 3.8) is 0 Å². The van der Waals surface area contributed by atoms with E-state index in [0.717, 1.165) is 12.4 Å². The van der Waals surface area contributed by atoms with Crippen LogP contribution in [0.3, 0.4) is 0 Å². The van der Waals surface area contributed by atoms with Crippen LogP contribution in [0.2, 0.25) is 0 Å². The fraction of sp³-hybridized carbons (Fsp3) is 0.500. The lowest BCUT2D eigenvalue weighted by Crippen LogP contribution is -2.00. The molecule has 0 aromatic heterocycles. The zero-order valence-electron chi connectivity index (χ0n) is 6.19. The molecule has 0 radical (unpaired) electrons. The average Bonchev–Trinajstić information content (AvgIpc) is 1.83. The van der Waals surface area contributed by atoms with Crippen LogP contribution in [0.1, 0.15) is 20.8 Å². The van der Waals surface area contributed by atoms with Crippen molar-refractivity contribution in [2.24, 2.45) is 0 Å². The molecule has 1 nitrogen and oxygen atoms in total. The molecule has 1 rings (SSSR count). The minimum Gasteiger partial charge on any atom is -0.494 e. The summed E-state index contributed by atoms with van der Waals surface area (Å²) in [5.41, 5.74) is 2.62. The summed E-state index contributed by atoms with van der Waals surface area (Å²) >= 11 is 0. The molecular weight excluding hydrogens is 112 g/mol. The summed E-state index contributed by atoms with van der Waals surface area (Å²) in [6.45, 7) is 6.95. The molecule has 0 saturated heterocycles. The van der Waals surface area contributed by atoms with Gasteiger partial charge in [-0.15, -0.1) is 0 Å². The molecule has 0 aliphatic carbocycles. The summed E-state index contributed by atoms with van der Waals surface area (Å²) in [5, 5.41) is 0. The van der Waals surface area contributed by atoms with Gasteiger partial charge < -0.3 is 4.74 Å². The lowest BCUT2D eigenvalue weighted by Gasteiger charge is -2.14. The van der Waals surface area contributed by atoms with Crippen LogP contribution in [0.15, 0.2) is 23.0 Å². The molecule has 0 saturated carbocycles. The maximum Gasteiger partial charge on any atom is 0.106 e. The van der Waals surface area contributed by atoms with E-state index in [0.29, 0.717) is 0 Å². The van der Waals surface area contributed by atoms with Crippen LogP contribution in [-0.2, 0) is 4.74 Å². The van der Waals surface area contributed by atoms with Crippen molar-refractivity contribution >= 4 is 0 Å². The van der Waals surface area contributed by atoms with Gasteiger partial charge in [0, 0.05) is 0 Å². The van der Waals surface area contributed by atoms with E-state index in [1.165, 1.54) is 11.1 Å². The zero-order chi connectivity index (χ0) is 6.85. The third kappa shape index (κ3) is 1.15. The van der Waals surface area contributed by atoms with Crippen LogP contribution in [0.25, 0.3) is 0 Å². The molecule has 0 unspecified atom stereocenters. The molecule has 0 spiro atoms. The van der Waals surface area contributed by atoms with E-state index in [2.05, 4.69) is 19.9 Å². The van der Waals surface area contributed by atoms with Crippen molar-refractivity contribution in [1.82, 2.24) is 0 Å². The first-order valence-corrected chi connectivity index (χ1v) is 3.19. The smallest absolute Gasteiger partial charge is 0.106 e. The van der Waals surface area contributed by atoms with E-state index < -0.39 is 0 Å². The monoisotopic (exact) mass is 124 g/mol. The fourth-order valence-corrected chi connectivity index (χ4v) is 0.831. The molecule has 0 fully saturated rings. The van der Waals surface area contributed by atoms with E-state index >= 15 is 0 Å². The Hall–Kier alpha value is -0.720. The zero-order valence-corrected chi connectivity index (χ0v) is 6.19. The molecule has 0 bridgehead atoms. The van der Waals surface area contributed by atoms with Crippen molar-refractivity contribution in [2.45, 2.75) is 20.8 Å². The van der Waals surface area contributed by atoms with Crippen LogP contribution >= 0.6 is 0 Å². The highest BCUT2D eigenvalue weighted by atomic mass is 16.5. The average molecular weight is 124 g/mol. The summed E-state index contributed by atoms with van der Waals surface area (Å²) < 4.78 is 5.26. The molecule has 0 amide bonds. The third-order valence-electron chi connectivity index (χ3n) is 1.81. The van der Waals surface area contributed by atoms with Gasteiger partial charge in [0.25, 0.3) is 0 Å². The van der Waals surface area contributed by atoms with Gasteiger partial charge in [-0.1, -0.05) is 0 Å². The van der Waals surface area contributed by atoms with Crippen molar-refractivity contribution in [3.05, 3.63) is 23.0 Å².